The summed E-state index contributed by atoms with van der Waals surface area (Å²) in [4.78, 5) is 22.1. The topological polar surface area (TPSA) is 80.4 Å². The van der Waals surface area contributed by atoms with Crippen LogP contribution in [-0.2, 0) is 4.79 Å². The van der Waals surface area contributed by atoms with Crippen LogP contribution in [0.4, 0.5) is 5.69 Å². The normalized spacial score (nSPS) is 16.1. The van der Waals surface area contributed by atoms with Crippen LogP contribution in [0.15, 0.2) is 23.1 Å². The summed E-state index contributed by atoms with van der Waals surface area (Å²) in [5.41, 5.74) is 0.671. The van der Waals surface area contributed by atoms with Crippen LogP contribution in [-0.4, -0.2) is 21.8 Å². The van der Waals surface area contributed by atoms with Crippen LogP contribution in [0.2, 0.25) is 0 Å². The molecule has 1 saturated carbocycles. The van der Waals surface area contributed by atoms with Gasteiger partial charge in [0.2, 0.25) is 0 Å². The Morgan fingerprint density at radius 1 is 1.53 bits per heavy atom. The first-order valence-corrected chi connectivity index (χ1v) is 7.01. The maximum Gasteiger partial charge on any atom is 0.303 e. The molecule has 1 aliphatic rings. The van der Waals surface area contributed by atoms with E-state index < -0.39 is 5.97 Å². The summed E-state index contributed by atoms with van der Waals surface area (Å²) in [5.74, 6) is -0.0599. The molecule has 0 aromatic heterocycles. The average Bonchev–Trinajstić information content (AvgIpc) is 3.06. The quantitative estimate of drug-likeness (QED) is 0.492. The summed E-state index contributed by atoms with van der Waals surface area (Å²) in [5, 5.41) is 19.7. The fraction of sp³-hybridized carbons (Fsp3) is 0.462. The molecule has 5 nitrogen and oxygen atoms in total. The van der Waals surface area contributed by atoms with Gasteiger partial charge in [-0.25, -0.2) is 0 Å². The molecule has 1 aromatic carbocycles. The second kappa shape index (κ2) is 5.21. The smallest absolute Gasteiger partial charge is 0.303 e. The Morgan fingerprint density at radius 3 is 2.74 bits per heavy atom. The number of thioether (sulfide) groups is 1. The van der Waals surface area contributed by atoms with Crippen LogP contribution in [0.5, 0.6) is 0 Å². The first-order valence-electron chi connectivity index (χ1n) is 6.02. The summed E-state index contributed by atoms with van der Waals surface area (Å²) in [7, 11) is 0. The van der Waals surface area contributed by atoms with Crippen molar-refractivity contribution >= 4 is 23.4 Å². The van der Waals surface area contributed by atoms with Crippen LogP contribution in [0, 0.1) is 22.5 Å². The molecule has 102 valence electrons. The predicted octanol–water partition coefficient (Wildman–Crippen LogP) is 3.25. The number of hydrogen-bond donors (Lipinski definition) is 1. The molecule has 1 N–H and O–H groups in total. The van der Waals surface area contributed by atoms with Crippen LogP contribution in [0.25, 0.3) is 0 Å². The first-order chi connectivity index (χ1) is 8.93. The molecular weight excluding hydrogens is 266 g/mol. The first kappa shape index (κ1) is 13.9. The molecule has 0 spiro atoms. The maximum atomic E-state index is 10.9. The molecule has 6 heteroatoms. The maximum absolute atomic E-state index is 10.9. The van der Waals surface area contributed by atoms with Gasteiger partial charge in [-0.2, -0.15) is 0 Å². The summed E-state index contributed by atoms with van der Waals surface area (Å²) in [6.45, 7) is 1.73. The monoisotopic (exact) mass is 281 g/mol. The van der Waals surface area contributed by atoms with Crippen molar-refractivity contribution < 1.29 is 14.8 Å². The molecule has 0 radical (unpaired) electrons. The van der Waals surface area contributed by atoms with E-state index in [9.17, 15) is 14.9 Å². The van der Waals surface area contributed by atoms with Crippen LogP contribution >= 0.6 is 11.8 Å². The predicted molar refractivity (Wildman–Crippen MR) is 72.5 cm³/mol. The van der Waals surface area contributed by atoms with E-state index in [0.29, 0.717) is 11.3 Å². The number of carbonyl (C=O) groups is 1. The van der Waals surface area contributed by atoms with Crippen molar-refractivity contribution in [1.82, 2.24) is 0 Å². The van der Waals surface area contributed by atoms with Gasteiger partial charge in [-0.15, -0.1) is 11.8 Å². The van der Waals surface area contributed by atoms with Crippen LogP contribution < -0.4 is 0 Å². The van der Waals surface area contributed by atoms with Crippen molar-refractivity contribution in [3.8, 4) is 0 Å². The van der Waals surface area contributed by atoms with E-state index in [1.807, 2.05) is 6.07 Å². The highest BCUT2D eigenvalue weighted by atomic mass is 32.2. The van der Waals surface area contributed by atoms with Gasteiger partial charge in [0.05, 0.1) is 11.3 Å². The summed E-state index contributed by atoms with van der Waals surface area (Å²) >= 11 is 1.52. The van der Waals surface area contributed by atoms with Crippen LogP contribution in [0.3, 0.4) is 0 Å². The number of rotatable bonds is 6. The number of nitro benzene ring substituents is 1. The highest BCUT2D eigenvalue weighted by Crippen LogP contribution is 2.52. The minimum absolute atomic E-state index is 0.104. The van der Waals surface area contributed by atoms with E-state index in [-0.39, 0.29) is 22.4 Å². The summed E-state index contributed by atoms with van der Waals surface area (Å²) in [6, 6.07) is 5.01. The van der Waals surface area contributed by atoms with Gasteiger partial charge >= 0.3 is 5.97 Å². The van der Waals surface area contributed by atoms with Gasteiger partial charge in [0.25, 0.3) is 5.69 Å². The van der Waals surface area contributed by atoms with E-state index in [0.717, 1.165) is 17.7 Å². The fourth-order valence-electron chi connectivity index (χ4n) is 2.06. The second-order valence-corrected chi connectivity index (χ2v) is 6.03. The highest BCUT2D eigenvalue weighted by Gasteiger charge is 2.44. The standard InChI is InChI=1S/C13H15NO4S/c1-9-10(14(17)18)3-2-4-11(9)19-8-13(5-6-13)7-12(15)16/h2-4H,5-8H2,1H3,(H,15,16). The van der Waals surface area contributed by atoms with Crippen molar-refractivity contribution in [2.75, 3.05) is 5.75 Å². The van der Waals surface area contributed by atoms with Crippen molar-refractivity contribution in [1.29, 1.82) is 0 Å². The number of carboxylic acids is 1. The van der Waals surface area contributed by atoms with Gasteiger partial charge in [-0.05, 0) is 31.2 Å². The Kier molecular flexibility index (Phi) is 3.80. The molecule has 1 aromatic rings. The number of aliphatic carboxylic acids is 1. The molecule has 1 fully saturated rings. The largest absolute Gasteiger partial charge is 0.481 e. The Balaban J connectivity index is 2.06. The number of carboxylic acid groups (broad SMARTS) is 1. The molecule has 2 rings (SSSR count). The highest BCUT2D eigenvalue weighted by molar-refractivity contribution is 7.99. The van der Waals surface area contributed by atoms with Gasteiger partial charge in [0.1, 0.15) is 0 Å². The third-order valence-corrected chi connectivity index (χ3v) is 4.98. The lowest BCUT2D eigenvalue weighted by atomic mass is 10.1. The Labute approximate surface area is 115 Å². The molecule has 0 atom stereocenters. The van der Waals surface area contributed by atoms with E-state index in [2.05, 4.69) is 0 Å². The van der Waals surface area contributed by atoms with Gasteiger partial charge < -0.3 is 5.11 Å². The lowest BCUT2D eigenvalue weighted by Gasteiger charge is -2.12. The van der Waals surface area contributed by atoms with Crippen molar-refractivity contribution in [2.45, 2.75) is 31.1 Å². The van der Waals surface area contributed by atoms with E-state index in [1.165, 1.54) is 17.8 Å². The second-order valence-electron chi connectivity index (χ2n) is 5.02. The molecule has 0 unspecified atom stereocenters. The Bertz CT molecular complexity index is 525. The third kappa shape index (κ3) is 3.26. The minimum atomic E-state index is -0.770. The van der Waals surface area contributed by atoms with Gasteiger partial charge in [0, 0.05) is 22.3 Å². The lowest BCUT2D eigenvalue weighted by Crippen LogP contribution is -2.11. The zero-order valence-corrected chi connectivity index (χ0v) is 11.4. The number of nitro groups is 1. The molecular formula is C13H15NO4S. The summed E-state index contributed by atoms with van der Waals surface area (Å²) in [6.07, 6.45) is 2.05. The zero-order chi connectivity index (χ0) is 14.0. The van der Waals surface area contributed by atoms with Crippen LogP contribution in [0.1, 0.15) is 24.8 Å². The van der Waals surface area contributed by atoms with E-state index in [4.69, 9.17) is 5.11 Å². The van der Waals surface area contributed by atoms with Gasteiger partial charge in [0.15, 0.2) is 0 Å². The Hall–Kier alpha value is -1.56. The minimum Gasteiger partial charge on any atom is -0.481 e. The molecule has 0 aliphatic heterocycles. The van der Waals surface area contributed by atoms with Crippen molar-refractivity contribution in [3.63, 3.8) is 0 Å². The Morgan fingerprint density at radius 2 is 2.21 bits per heavy atom. The van der Waals surface area contributed by atoms with Crippen molar-refractivity contribution in [3.05, 3.63) is 33.9 Å². The van der Waals surface area contributed by atoms with Gasteiger partial charge in [-0.1, -0.05) is 6.07 Å². The molecule has 0 amide bonds. The van der Waals surface area contributed by atoms with Crippen molar-refractivity contribution in [2.24, 2.45) is 5.41 Å². The number of hydrogen-bond acceptors (Lipinski definition) is 4. The molecule has 1 aliphatic carbocycles. The SMILES string of the molecule is Cc1c(SCC2(CC(=O)O)CC2)cccc1[N+](=O)[O-]. The molecule has 0 bridgehead atoms. The molecule has 0 heterocycles. The third-order valence-electron chi connectivity index (χ3n) is 3.47. The van der Waals surface area contributed by atoms with E-state index in [1.54, 1.807) is 13.0 Å². The lowest BCUT2D eigenvalue weighted by molar-refractivity contribution is -0.385. The van der Waals surface area contributed by atoms with Gasteiger partial charge in [-0.3, -0.25) is 14.9 Å². The number of benzene rings is 1. The summed E-state index contributed by atoms with van der Waals surface area (Å²) < 4.78 is 0. The van der Waals surface area contributed by atoms with E-state index >= 15 is 0 Å². The fourth-order valence-corrected chi connectivity index (χ4v) is 3.41. The molecule has 19 heavy (non-hydrogen) atoms. The zero-order valence-electron chi connectivity index (χ0n) is 10.6. The molecule has 0 saturated heterocycles. The average molecular weight is 281 g/mol. The number of nitrogens with zero attached hydrogens (tertiary/aromatic N) is 1.